The molecule has 1 N–H and O–H groups in total. The molecule has 2 aromatic rings. The molecular weight excluding hydrogens is 280 g/mol. The first-order valence-electron chi connectivity index (χ1n) is 7.31. The van der Waals surface area contributed by atoms with Crippen LogP contribution in [-0.2, 0) is 13.1 Å². The lowest BCUT2D eigenvalue weighted by molar-refractivity contribution is 0.423. The zero-order chi connectivity index (χ0) is 15.3. The van der Waals surface area contributed by atoms with Crippen molar-refractivity contribution in [2.24, 2.45) is 0 Å². The number of nitrogens with zero attached hydrogens (tertiary/aromatic N) is 3. The first kappa shape index (κ1) is 15.9. The van der Waals surface area contributed by atoms with Crippen molar-refractivity contribution in [2.45, 2.75) is 46.3 Å². The molecule has 0 bridgehead atoms. The fraction of sp³-hybridized carbons (Fsp3) is 0.500. The number of hydrogen-bond donors (Lipinski definition) is 1. The molecule has 0 radical (unpaired) electrons. The summed E-state index contributed by atoms with van der Waals surface area (Å²) in [6, 6.07) is 4.23. The molecule has 0 aliphatic carbocycles. The van der Waals surface area contributed by atoms with Crippen molar-refractivity contribution < 1.29 is 0 Å². The molecule has 0 saturated heterocycles. The molecular formula is C16H24N4S. The molecule has 2 rings (SSSR count). The van der Waals surface area contributed by atoms with E-state index in [9.17, 15) is 0 Å². The van der Waals surface area contributed by atoms with E-state index < -0.39 is 0 Å². The van der Waals surface area contributed by atoms with E-state index in [0.717, 1.165) is 31.1 Å². The Balaban J connectivity index is 1.99. The molecule has 2 heterocycles. The summed E-state index contributed by atoms with van der Waals surface area (Å²) >= 11 is 1.77. The minimum Gasteiger partial charge on any atom is -0.336 e. The van der Waals surface area contributed by atoms with Crippen LogP contribution in [0.2, 0.25) is 0 Å². The second kappa shape index (κ2) is 7.00. The van der Waals surface area contributed by atoms with Gasteiger partial charge in [-0.2, -0.15) is 0 Å². The lowest BCUT2D eigenvalue weighted by Crippen LogP contribution is -2.35. The highest BCUT2D eigenvalue weighted by Gasteiger charge is 2.11. The van der Waals surface area contributed by atoms with Crippen molar-refractivity contribution in [3.8, 4) is 0 Å². The maximum Gasteiger partial charge on any atom is 0.225 e. The molecule has 0 unspecified atom stereocenters. The number of nitrogens with one attached hydrogen (secondary N) is 1. The summed E-state index contributed by atoms with van der Waals surface area (Å²) in [5.41, 5.74) is 1.22. The van der Waals surface area contributed by atoms with Gasteiger partial charge < -0.3 is 10.2 Å². The third-order valence-corrected chi connectivity index (χ3v) is 3.97. The van der Waals surface area contributed by atoms with Crippen molar-refractivity contribution >= 4 is 17.3 Å². The molecule has 114 valence electrons. The molecule has 4 nitrogen and oxygen atoms in total. The van der Waals surface area contributed by atoms with Gasteiger partial charge in [0.05, 0.1) is 6.54 Å². The minimum atomic E-state index is 0.104. The van der Waals surface area contributed by atoms with Gasteiger partial charge in [0.2, 0.25) is 5.95 Å². The van der Waals surface area contributed by atoms with Gasteiger partial charge in [0, 0.05) is 41.5 Å². The first-order chi connectivity index (χ1) is 9.98. The van der Waals surface area contributed by atoms with E-state index in [1.165, 1.54) is 4.88 Å². The second-order valence-corrected chi connectivity index (χ2v) is 7.12. The maximum absolute atomic E-state index is 4.51. The summed E-state index contributed by atoms with van der Waals surface area (Å²) in [4.78, 5) is 12.5. The highest BCUT2D eigenvalue weighted by molar-refractivity contribution is 7.09. The summed E-state index contributed by atoms with van der Waals surface area (Å²) in [5, 5.41) is 5.55. The van der Waals surface area contributed by atoms with Crippen LogP contribution < -0.4 is 10.2 Å². The van der Waals surface area contributed by atoms with Gasteiger partial charge in [-0.05, 0) is 39.1 Å². The third kappa shape index (κ3) is 5.10. The Morgan fingerprint density at radius 2 is 1.95 bits per heavy atom. The van der Waals surface area contributed by atoms with Crippen molar-refractivity contribution in [3.05, 3.63) is 40.3 Å². The van der Waals surface area contributed by atoms with Crippen LogP contribution in [0, 0.1) is 0 Å². The molecule has 0 amide bonds. The standard InChI is InChI=1S/C16H24N4S/c1-5-20(12-14-7-6-8-21-14)15-17-9-13(10-18-15)11-19-16(2,3)4/h6-10,19H,5,11-12H2,1-4H3. The van der Waals surface area contributed by atoms with Crippen molar-refractivity contribution in [2.75, 3.05) is 11.4 Å². The highest BCUT2D eigenvalue weighted by Crippen LogP contribution is 2.16. The average molecular weight is 304 g/mol. The Morgan fingerprint density at radius 1 is 1.24 bits per heavy atom. The van der Waals surface area contributed by atoms with Gasteiger partial charge in [-0.3, -0.25) is 0 Å². The van der Waals surface area contributed by atoms with Gasteiger partial charge in [0.15, 0.2) is 0 Å². The van der Waals surface area contributed by atoms with E-state index in [4.69, 9.17) is 0 Å². The summed E-state index contributed by atoms with van der Waals surface area (Å²) < 4.78 is 0. The maximum atomic E-state index is 4.51. The van der Waals surface area contributed by atoms with E-state index in [2.05, 4.69) is 65.4 Å². The molecule has 0 fully saturated rings. The number of rotatable bonds is 6. The van der Waals surface area contributed by atoms with E-state index in [1.54, 1.807) is 11.3 Å². The lowest BCUT2D eigenvalue weighted by atomic mass is 10.1. The SMILES string of the molecule is CCN(Cc1cccs1)c1ncc(CNC(C)(C)C)cn1. The molecule has 21 heavy (non-hydrogen) atoms. The smallest absolute Gasteiger partial charge is 0.225 e. The first-order valence-corrected chi connectivity index (χ1v) is 8.19. The van der Waals surface area contributed by atoms with E-state index in [-0.39, 0.29) is 5.54 Å². The Morgan fingerprint density at radius 3 is 2.48 bits per heavy atom. The molecule has 2 aromatic heterocycles. The third-order valence-electron chi connectivity index (χ3n) is 3.11. The Hall–Kier alpha value is -1.46. The molecule has 0 spiro atoms. The van der Waals surface area contributed by atoms with Crippen molar-refractivity contribution in [1.29, 1.82) is 0 Å². The van der Waals surface area contributed by atoms with Crippen LogP contribution in [0.5, 0.6) is 0 Å². The van der Waals surface area contributed by atoms with Crippen molar-refractivity contribution in [3.63, 3.8) is 0 Å². The van der Waals surface area contributed by atoms with Crippen LogP contribution in [0.1, 0.15) is 38.1 Å². The van der Waals surface area contributed by atoms with Crippen LogP contribution in [0.25, 0.3) is 0 Å². The Kier molecular flexibility index (Phi) is 5.31. The normalized spacial score (nSPS) is 11.6. The van der Waals surface area contributed by atoms with Gasteiger partial charge in [-0.15, -0.1) is 11.3 Å². The Bertz CT molecular complexity index is 528. The fourth-order valence-corrected chi connectivity index (χ4v) is 2.60. The zero-order valence-electron chi connectivity index (χ0n) is 13.3. The molecule has 0 aliphatic heterocycles. The predicted molar refractivity (Wildman–Crippen MR) is 89.7 cm³/mol. The average Bonchev–Trinajstić information content (AvgIpc) is 2.95. The van der Waals surface area contributed by atoms with Crippen LogP contribution >= 0.6 is 11.3 Å². The van der Waals surface area contributed by atoms with Crippen LogP contribution in [0.3, 0.4) is 0 Å². The summed E-state index contributed by atoms with van der Waals surface area (Å²) in [7, 11) is 0. The molecule has 0 atom stereocenters. The highest BCUT2D eigenvalue weighted by atomic mass is 32.1. The van der Waals surface area contributed by atoms with Gasteiger partial charge >= 0.3 is 0 Å². The monoisotopic (exact) mass is 304 g/mol. The van der Waals surface area contributed by atoms with Gasteiger partial charge in [-0.25, -0.2) is 9.97 Å². The fourth-order valence-electron chi connectivity index (χ4n) is 1.88. The predicted octanol–water partition coefficient (Wildman–Crippen LogP) is 3.45. The van der Waals surface area contributed by atoms with Gasteiger partial charge in [0.1, 0.15) is 0 Å². The van der Waals surface area contributed by atoms with Crippen LogP contribution in [0.15, 0.2) is 29.9 Å². The number of thiophene rings is 1. The van der Waals surface area contributed by atoms with Crippen molar-refractivity contribution in [1.82, 2.24) is 15.3 Å². The molecule has 0 aromatic carbocycles. The van der Waals surface area contributed by atoms with Gasteiger partial charge in [0.25, 0.3) is 0 Å². The zero-order valence-corrected chi connectivity index (χ0v) is 14.1. The summed E-state index contributed by atoms with van der Waals surface area (Å²) in [6.07, 6.45) is 3.83. The van der Waals surface area contributed by atoms with E-state index in [1.807, 2.05) is 12.4 Å². The Labute approximate surface area is 131 Å². The summed E-state index contributed by atoms with van der Waals surface area (Å²) in [6.45, 7) is 11.2. The number of aromatic nitrogens is 2. The quantitative estimate of drug-likeness (QED) is 0.887. The van der Waals surface area contributed by atoms with Crippen LogP contribution in [0.4, 0.5) is 5.95 Å². The largest absolute Gasteiger partial charge is 0.336 e. The molecule has 5 heteroatoms. The van der Waals surface area contributed by atoms with Crippen LogP contribution in [-0.4, -0.2) is 22.1 Å². The minimum absolute atomic E-state index is 0.104. The molecule has 0 saturated carbocycles. The topological polar surface area (TPSA) is 41.1 Å². The van der Waals surface area contributed by atoms with E-state index in [0.29, 0.717) is 0 Å². The molecule has 0 aliphatic rings. The lowest BCUT2D eigenvalue weighted by Gasteiger charge is -2.21. The number of hydrogen-bond acceptors (Lipinski definition) is 5. The number of anilines is 1. The van der Waals surface area contributed by atoms with E-state index >= 15 is 0 Å². The van der Waals surface area contributed by atoms with Gasteiger partial charge in [-0.1, -0.05) is 6.07 Å². The summed E-state index contributed by atoms with van der Waals surface area (Å²) in [5.74, 6) is 0.797. The second-order valence-electron chi connectivity index (χ2n) is 6.09.